The molecule has 24 heavy (non-hydrogen) atoms. The van der Waals surface area contributed by atoms with E-state index in [4.69, 9.17) is 14.6 Å². The monoisotopic (exact) mass is 337 g/mol. The highest BCUT2D eigenvalue weighted by atomic mass is 16.6. The minimum atomic E-state index is -1.01. The third kappa shape index (κ3) is 6.28. The summed E-state index contributed by atoms with van der Waals surface area (Å²) in [7, 11) is 0. The molecule has 0 saturated heterocycles. The third-order valence-electron chi connectivity index (χ3n) is 3.61. The number of aromatic carboxylic acids is 1. The van der Waals surface area contributed by atoms with Gasteiger partial charge >= 0.3 is 18.0 Å². The van der Waals surface area contributed by atoms with Crippen LogP contribution >= 0.6 is 0 Å². The van der Waals surface area contributed by atoms with E-state index in [9.17, 15) is 14.4 Å². The van der Waals surface area contributed by atoms with Crippen LogP contribution < -0.4 is 5.32 Å². The number of carbonyl (C=O) groups is 3. The van der Waals surface area contributed by atoms with Gasteiger partial charge in [0.05, 0.1) is 17.5 Å². The highest BCUT2D eigenvalue weighted by molar-refractivity contribution is 5.87. The molecular formula is C17H23NO6. The van der Waals surface area contributed by atoms with Crippen LogP contribution in [0.2, 0.25) is 0 Å². The number of esters is 1. The van der Waals surface area contributed by atoms with Crippen LogP contribution in [0.25, 0.3) is 0 Å². The van der Waals surface area contributed by atoms with Gasteiger partial charge in [0.15, 0.2) is 0 Å². The Labute approximate surface area is 141 Å². The minimum absolute atomic E-state index is 0.0222. The SMILES string of the molecule is CCC(C)(C)C(=O)OCCNC(=O)OCc1ccc(C(=O)O)cc1. The van der Waals surface area contributed by atoms with Crippen LogP contribution in [0.4, 0.5) is 4.79 Å². The van der Waals surface area contributed by atoms with E-state index in [1.54, 1.807) is 26.0 Å². The predicted octanol–water partition coefficient (Wildman–Crippen LogP) is 2.59. The lowest BCUT2D eigenvalue weighted by molar-refractivity contribution is -0.153. The van der Waals surface area contributed by atoms with Crippen molar-refractivity contribution < 1.29 is 29.0 Å². The molecule has 0 aliphatic carbocycles. The van der Waals surface area contributed by atoms with E-state index < -0.39 is 17.5 Å². The molecule has 0 radical (unpaired) electrons. The van der Waals surface area contributed by atoms with Gasteiger partial charge in [-0.05, 0) is 38.0 Å². The van der Waals surface area contributed by atoms with Crippen molar-refractivity contribution in [3.05, 3.63) is 35.4 Å². The number of nitrogens with one attached hydrogen (secondary N) is 1. The summed E-state index contributed by atoms with van der Waals surface area (Å²) in [6.07, 6.45) is 0.0326. The van der Waals surface area contributed by atoms with Crippen LogP contribution in [0.1, 0.15) is 43.1 Å². The van der Waals surface area contributed by atoms with Crippen LogP contribution in [0.3, 0.4) is 0 Å². The Morgan fingerprint density at radius 1 is 1.12 bits per heavy atom. The Hall–Kier alpha value is -2.57. The highest BCUT2D eigenvalue weighted by Crippen LogP contribution is 2.21. The minimum Gasteiger partial charge on any atom is -0.478 e. The number of carboxylic acid groups (broad SMARTS) is 1. The molecule has 0 fully saturated rings. The lowest BCUT2D eigenvalue weighted by atomic mass is 9.91. The van der Waals surface area contributed by atoms with Crippen molar-refractivity contribution in [1.29, 1.82) is 0 Å². The molecule has 1 rings (SSSR count). The number of rotatable bonds is 8. The third-order valence-corrected chi connectivity index (χ3v) is 3.61. The Morgan fingerprint density at radius 2 is 1.75 bits per heavy atom. The van der Waals surface area contributed by atoms with Crippen molar-refractivity contribution >= 4 is 18.0 Å². The quantitative estimate of drug-likeness (QED) is 0.558. The van der Waals surface area contributed by atoms with Crippen LogP contribution in [0, 0.1) is 5.41 Å². The van der Waals surface area contributed by atoms with Gasteiger partial charge in [0, 0.05) is 0 Å². The number of hydrogen-bond donors (Lipinski definition) is 2. The lowest BCUT2D eigenvalue weighted by Gasteiger charge is -2.20. The molecular weight excluding hydrogens is 314 g/mol. The fourth-order valence-corrected chi connectivity index (χ4v) is 1.58. The molecule has 0 saturated carbocycles. The summed E-state index contributed by atoms with van der Waals surface area (Å²) in [4.78, 5) is 34.0. The second-order valence-corrected chi connectivity index (χ2v) is 5.88. The summed E-state index contributed by atoms with van der Waals surface area (Å²) < 4.78 is 10.1. The molecule has 0 aliphatic rings. The maximum absolute atomic E-state index is 11.7. The molecule has 0 heterocycles. The fourth-order valence-electron chi connectivity index (χ4n) is 1.58. The van der Waals surface area contributed by atoms with Gasteiger partial charge in [-0.15, -0.1) is 0 Å². The number of carbonyl (C=O) groups excluding carboxylic acids is 2. The molecule has 0 unspecified atom stereocenters. The number of benzene rings is 1. The first-order chi connectivity index (χ1) is 11.3. The summed E-state index contributed by atoms with van der Waals surface area (Å²) in [6, 6.07) is 6.03. The van der Waals surface area contributed by atoms with Crippen molar-refractivity contribution in [3.8, 4) is 0 Å². The topological polar surface area (TPSA) is 102 Å². The van der Waals surface area contributed by atoms with Crippen molar-refractivity contribution in [2.75, 3.05) is 13.2 Å². The summed E-state index contributed by atoms with van der Waals surface area (Å²) in [5.74, 6) is -1.32. The second kappa shape index (κ2) is 8.90. The molecule has 1 aromatic rings. The molecule has 7 heteroatoms. The average Bonchev–Trinajstić information content (AvgIpc) is 2.56. The van der Waals surface area contributed by atoms with E-state index in [2.05, 4.69) is 5.32 Å². The number of amides is 1. The van der Waals surface area contributed by atoms with E-state index in [1.165, 1.54) is 12.1 Å². The smallest absolute Gasteiger partial charge is 0.407 e. The van der Waals surface area contributed by atoms with Gasteiger partial charge in [0.1, 0.15) is 13.2 Å². The molecule has 1 aromatic carbocycles. The maximum atomic E-state index is 11.7. The summed E-state index contributed by atoms with van der Waals surface area (Å²) in [5.41, 5.74) is 0.300. The van der Waals surface area contributed by atoms with E-state index in [1.807, 2.05) is 6.92 Å². The summed E-state index contributed by atoms with van der Waals surface area (Å²) >= 11 is 0. The molecule has 0 aliphatic heterocycles. The highest BCUT2D eigenvalue weighted by Gasteiger charge is 2.26. The predicted molar refractivity (Wildman–Crippen MR) is 86.6 cm³/mol. The van der Waals surface area contributed by atoms with Crippen molar-refractivity contribution in [1.82, 2.24) is 5.32 Å². The summed E-state index contributed by atoms with van der Waals surface area (Å²) in [5, 5.41) is 11.3. The first-order valence-corrected chi connectivity index (χ1v) is 7.66. The molecule has 0 atom stereocenters. The molecule has 132 valence electrons. The first-order valence-electron chi connectivity index (χ1n) is 7.66. The second-order valence-electron chi connectivity index (χ2n) is 5.88. The Morgan fingerprint density at radius 3 is 2.29 bits per heavy atom. The van der Waals surface area contributed by atoms with Crippen molar-refractivity contribution in [2.45, 2.75) is 33.8 Å². The normalized spacial score (nSPS) is 10.8. The molecule has 0 spiro atoms. The number of ether oxygens (including phenoxy) is 2. The standard InChI is InChI=1S/C17H23NO6/c1-4-17(2,3)15(21)23-10-9-18-16(22)24-11-12-5-7-13(8-6-12)14(19)20/h5-8H,4,9-11H2,1-3H3,(H,18,22)(H,19,20). The molecule has 0 aromatic heterocycles. The van der Waals surface area contributed by atoms with Crippen LogP contribution in [0.15, 0.2) is 24.3 Å². The van der Waals surface area contributed by atoms with Gasteiger partial charge in [0.25, 0.3) is 0 Å². The first kappa shape index (κ1) is 19.5. The van der Waals surface area contributed by atoms with Gasteiger partial charge in [-0.3, -0.25) is 4.79 Å². The van der Waals surface area contributed by atoms with Crippen molar-refractivity contribution in [3.63, 3.8) is 0 Å². The Balaban J connectivity index is 2.25. The van der Waals surface area contributed by atoms with Gasteiger partial charge < -0.3 is 19.9 Å². The van der Waals surface area contributed by atoms with Gasteiger partial charge in [-0.2, -0.15) is 0 Å². The zero-order valence-electron chi connectivity index (χ0n) is 14.1. The van der Waals surface area contributed by atoms with E-state index in [0.29, 0.717) is 12.0 Å². The van der Waals surface area contributed by atoms with Gasteiger partial charge in [0.2, 0.25) is 0 Å². The molecule has 0 bridgehead atoms. The van der Waals surface area contributed by atoms with Crippen LogP contribution in [0.5, 0.6) is 0 Å². The molecule has 1 amide bonds. The number of carboxylic acids is 1. The van der Waals surface area contributed by atoms with Gasteiger partial charge in [-0.1, -0.05) is 19.1 Å². The average molecular weight is 337 g/mol. The largest absolute Gasteiger partial charge is 0.478 e. The van der Waals surface area contributed by atoms with E-state index in [0.717, 1.165) is 0 Å². The fraction of sp³-hybridized carbons (Fsp3) is 0.471. The molecule has 2 N–H and O–H groups in total. The summed E-state index contributed by atoms with van der Waals surface area (Å²) in [6.45, 7) is 5.75. The van der Waals surface area contributed by atoms with Crippen LogP contribution in [-0.2, 0) is 20.9 Å². The Kier molecular flexibility index (Phi) is 7.23. The zero-order valence-corrected chi connectivity index (χ0v) is 14.1. The van der Waals surface area contributed by atoms with E-state index in [-0.39, 0.29) is 31.3 Å². The number of hydrogen-bond acceptors (Lipinski definition) is 5. The molecule has 7 nitrogen and oxygen atoms in total. The number of alkyl carbamates (subject to hydrolysis) is 1. The lowest BCUT2D eigenvalue weighted by Crippen LogP contribution is -2.31. The van der Waals surface area contributed by atoms with Crippen LogP contribution in [-0.4, -0.2) is 36.3 Å². The van der Waals surface area contributed by atoms with Gasteiger partial charge in [-0.25, -0.2) is 9.59 Å². The zero-order chi connectivity index (χ0) is 18.2. The van der Waals surface area contributed by atoms with Crippen molar-refractivity contribution in [2.24, 2.45) is 5.41 Å². The maximum Gasteiger partial charge on any atom is 0.407 e. The Bertz CT molecular complexity index is 579. The van der Waals surface area contributed by atoms with E-state index >= 15 is 0 Å².